The topological polar surface area (TPSA) is 98.8 Å². The van der Waals surface area contributed by atoms with Gasteiger partial charge in [0.1, 0.15) is 6.04 Å². The van der Waals surface area contributed by atoms with Crippen molar-refractivity contribution in [2.24, 2.45) is 11.8 Å². The highest BCUT2D eigenvalue weighted by molar-refractivity contribution is 7.98. The molecule has 3 fully saturated rings. The lowest BCUT2D eigenvalue weighted by Crippen LogP contribution is -2.48. The predicted octanol–water partition coefficient (Wildman–Crippen LogP) is 8.24. The van der Waals surface area contributed by atoms with Crippen molar-refractivity contribution in [3.05, 3.63) is 0 Å². The molecule has 2 heterocycles. The molecule has 0 spiro atoms. The number of carbonyl (C=O) groups is 4. The van der Waals surface area contributed by atoms with E-state index < -0.39 is 6.04 Å². The van der Waals surface area contributed by atoms with Crippen LogP contribution in [-0.4, -0.2) is 70.9 Å². The van der Waals surface area contributed by atoms with Crippen molar-refractivity contribution in [3.63, 3.8) is 0 Å². The maximum absolute atomic E-state index is 12.6. The van der Waals surface area contributed by atoms with Gasteiger partial charge >= 0.3 is 0 Å². The van der Waals surface area contributed by atoms with Gasteiger partial charge in [0.25, 0.3) is 0 Å². The maximum Gasteiger partial charge on any atom is 0.249 e. The third-order valence-corrected chi connectivity index (χ3v) is 6.57. The molecule has 44 heavy (non-hydrogen) atoms. The summed E-state index contributed by atoms with van der Waals surface area (Å²) in [7, 11) is 0. The molecule has 1 atom stereocenters. The molecular formula is C35H74N4O4S. The number of piperidine rings is 1. The van der Waals surface area contributed by atoms with E-state index in [1.165, 1.54) is 11.9 Å². The van der Waals surface area contributed by atoms with Crippen LogP contribution in [0.2, 0.25) is 0 Å². The Balaban J connectivity index is -0.000000424. The normalized spacial score (nSPS) is 16.2. The van der Waals surface area contributed by atoms with E-state index in [1.807, 2.05) is 60.3 Å². The van der Waals surface area contributed by atoms with Crippen LogP contribution in [0.4, 0.5) is 0 Å². The van der Waals surface area contributed by atoms with Crippen LogP contribution < -0.4 is 10.0 Å². The van der Waals surface area contributed by atoms with Gasteiger partial charge in [0.15, 0.2) is 0 Å². The minimum atomic E-state index is -0.540. The largest absolute Gasteiger partial charge is 0.345 e. The van der Waals surface area contributed by atoms with Crippen molar-refractivity contribution in [1.82, 2.24) is 19.8 Å². The second-order valence-electron chi connectivity index (χ2n) is 11.2. The van der Waals surface area contributed by atoms with Crippen LogP contribution in [0.15, 0.2) is 0 Å². The van der Waals surface area contributed by atoms with Crippen LogP contribution in [0, 0.1) is 11.8 Å². The molecule has 264 valence electrons. The second kappa shape index (κ2) is 34.1. The predicted molar refractivity (Wildman–Crippen MR) is 193 cm³/mol. The second-order valence-corrected chi connectivity index (χ2v) is 12.3. The average molecular weight is 647 g/mol. The Kier molecular flexibility index (Phi) is 38.1. The van der Waals surface area contributed by atoms with Gasteiger partial charge in [-0.05, 0) is 68.7 Å². The van der Waals surface area contributed by atoms with E-state index in [0.29, 0.717) is 18.2 Å². The third kappa shape index (κ3) is 29.0. The van der Waals surface area contributed by atoms with Gasteiger partial charge in [-0.2, -0.15) is 0 Å². The molecule has 2 saturated heterocycles. The summed E-state index contributed by atoms with van der Waals surface area (Å²) in [5, 5.41) is 3.15. The van der Waals surface area contributed by atoms with E-state index in [2.05, 4.69) is 51.6 Å². The fraction of sp³-hybridized carbons (Fsp3) is 0.886. The zero-order valence-corrected chi connectivity index (χ0v) is 32.3. The van der Waals surface area contributed by atoms with E-state index in [0.717, 1.165) is 63.5 Å². The first-order valence-electron chi connectivity index (χ1n) is 17.8. The summed E-state index contributed by atoms with van der Waals surface area (Å²) >= 11 is 1.41. The molecule has 0 aromatic carbocycles. The molecule has 3 aliphatic rings. The van der Waals surface area contributed by atoms with E-state index in [9.17, 15) is 19.2 Å². The molecule has 0 bridgehead atoms. The minimum Gasteiger partial charge on any atom is -0.345 e. The lowest BCUT2D eigenvalue weighted by molar-refractivity contribution is -0.141. The molecule has 1 saturated carbocycles. The van der Waals surface area contributed by atoms with E-state index in [1.54, 1.807) is 4.90 Å². The number of amides is 4. The first-order valence-corrected chi connectivity index (χ1v) is 18.7. The Labute approximate surface area is 278 Å². The molecule has 0 radical (unpaired) electrons. The Morgan fingerprint density at radius 1 is 0.659 bits per heavy atom. The number of hydrogen-bond donors (Lipinski definition) is 2. The van der Waals surface area contributed by atoms with Crippen molar-refractivity contribution in [3.8, 4) is 0 Å². The van der Waals surface area contributed by atoms with Gasteiger partial charge in [-0.25, -0.2) is 0 Å². The Bertz CT molecular complexity index is 683. The summed E-state index contributed by atoms with van der Waals surface area (Å²) in [5.74, 6) is 1.02. The molecule has 4 amide bonds. The Hall–Kier alpha value is -1.77. The van der Waals surface area contributed by atoms with Crippen LogP contribution in [0.5, 0.6) is 0 Å². The van der Waals surface area contributed by atoms with Gasteiger partial charge in [0.05, 0.1) is 6.54 Å². The fourth-order valence-electron chi connectivity index (χ4n) is 3.65. The van der Waals surface area contributed by atoms with Gasteiger partial charge < -0.3 is 15.1 Å². The van der Waals surface area contributed by atoms with Gasteiger partial charge in [-0.3, -0.25) is 23.9 Å². The Morgan fingerprint density at radius 2 is 1.11 bits per heavy atom. The molecule has 8 nitrogen and oxygen atoms in total. The standard InChI is InChI=1S/C19H30N4O4S.2C4H10.4C2H6/c24-16(21-28-14-6-7-14)13-20-19(27)15-5-4-12-23(15)18(26)9-8-17(25)22-10-2-1-3-11-22;2*1-4(2)3;4*1-2/h14-15H,1-13H2,(H,20,27)(H,21,24);2*4H,1-3H3;4*1-2H3/t15-;;;;;;/m0....../s1. The van der Waals surface area contributed by atoms with E-state index in [-0.39, 0.29) is 43.0 Å². The highest BCUT2D eigenvalue weighted by atomic mass is 32.2. The molecule has 1 aliphatic carbocycles. The fourth-order valence-corrected chi connectivity index (χ4v) is 4.40. The Morgan fingerprint density at radius 3 is 1.57 bits per heavy atom. The number of nitrogens with zero attached hydrogens (tertiary/aromatic N) is 2. The van der Waals surface area contributed by atoms with Crippen molar-refractivity contribution in [2.75, 3.05) is 26.2 Å². The maximum atomic E-state index is 12.6. The summed E-state index contributed by atoms with van der Waals surface area (Å²) in [6.45, 7) is 31.0. The number of carbonyl (C=O) groups excluding carboxylic acids is 4. The zero-order chi connectivity index (χ0) is 35.1. The highest BCUT2D eigenvalue weighted by Crippen LogP contribution is 2.31. The first kappa shape index (κ1) is 49.1. The molecular weight excluding hydrogens is 572 g/mol. The lowest BCUT2D eigenvalue weighted by atomic mass is 10.1. The van der Waals surface area contributed by atoms with Crippen LogP contribution in [-0.2, 0) is 19.2 Å². The molecule has 9 heteroatoms. The van der Waals surface area contributed by atoms with Gasteiger partial charge in [0.2, 0.25) is 23.6 Å². The SMILES string of the molecule is CC.CC.CC.CC.CC(C)C.CC(C)C.O=C(CNC(=O)[C@@H]1CCCN1C(=O)CCC(=O)N1CCCCC1)NSC1CC1. The van der Waals surface area contributed by atoms with E-state index in [4.69, 9.17) is 0 Å². The monoisotopic (exact) mass is 647 g/mol. The van der Waals surface area contributed by atoms with Crippen LogP contribution in [0.3, 0.4) is 0 Å². The number of rotatable bonds is 8. The molecule has 0 unspecified atom stereocenters. The molecule has 0 aromatic rings. The molecule has 0 aromatic heterocycles. The van der Waals surface area contributed by atoms with Crippen LogP contribution in [0.25, 0.3) is 0 Å². The van der Waals surface area contributed by atoms with Gasteiger partial charge in [-0.1, -0.05) is 96.9 Å². The van der Waals surface area contributed by atoms with Crippen LogP contribution in [0.1, 0.15) is 155 Å². The third-order valence-electron chi connectivity index (χ3n) is 5.42. The summed E-state index contributed by atoms with van der Waals surface area (Å²) in [4.78, 5) is 52.4. The van der Waals surface area contributed by atoms with Gasteiger partial charge in [-0.15, -0.1) is 0 Å². The number of nitrogens with one attached hydrogen (secondary N) is 2. The smallest absolute Gasteiger partial charge is 0.249 e. The minimum absolute atomic E-state index is 0.0260. The summed E-state index contributed by atoms with van der Waals surface area (Å²) in [6, 6.07) is -0.540. The number of likely N-dealkylation sites (tertiary alicyclic amines) is 2. The quantitative estimate of drug-likeness (QED) is 0.259. The van der Waals surface area contributed by atoms with Gasteiger partial charge in [0, 0.05) is 37.7 Å². The van der Waals surface area contributed by atoms with Crippen LogP contribution >= 0.6 is 11.9 Å². The van der Waals surface area contributed by atoms with E-state index >= 15 is 0 Å². The lowest BCUT2D eigenvalue weighted by Gasteiger charge is -2.27. The number of hydrogen-bond acceptors (Lipinski definition) is 5. The summed E-state index contributed by atoms with van der Waals surface area (Å²) in [5.41, 5.74) is 0. The molecule has 3 rings (SSSR count). The summed E-state index contributed by atoms with van der Waals surface area (Å²) < 4.78 is 2.73. The molecule has 2 N–H and O–H groups in total. The summed E-state index contributed by atoms with van der Waals surface area (Å²) in [6.07, 6.45) is 7.14. The zero-order valence-electron chi connectivity index (χ0n) is 31.4. The van der Waals surface area contributed by atoms with Crippen molar-refractivity contribution < 1.29 is 19.2 Å². The highest BCUT2D eigenvalue weighted by Gasteiger charge is 2.34. The van der Waals surface area contributed by atoms with Crippen molar-refractivity contribution >= 4 is 35.6 Å². The first-order chi connectivity index (χ1) is 21.0. The molecule has 2 aliphatic heterocycles. The van der Waals surface area contributed by atoms with Crippen molar-refractivity contribution in [1.29, 1.82) is 0 Å². The van der Waals surface area contributed by atoms with Crippen molar-refractivity contribution in [2.45, 2.75) is 166 Å². The average Bonchev–Trinajstić information content (AvgIpc) is 3.74.